The number of likely N-dealkylation sites (tertiary alicyclic amines) is 1. The maximum Gasteiger partial charge on any atom is 0.416 e. The molecule has 5 nitrogen and oxygen atoms in total. The number of carbonyl (C=O) groups excluding carboxylic acids is 2. The van der Waals surface area contributed by atoms with Crippen molar-refractivity contribution in [1.82, 2.24) is 4.90 Å². The Hall–Kier alpha value is -3.03. The number of carbonyl (C=O) groups is 2. The summed E-state index contributed by atoms with van der Waals surface area (Å²) in [6, 6.07) is 10.9. The first-order valence-electron chi connectivity index (χ1n) is 10.1. The molecule has 0 aliphatic carbocycles. The minimum atomic E-state index is -4.51. The molecule has 0 radical (unpaired) electrons. The highest BCUT2D eigenvalue weighted by Gasteiger charge is 2.32. The van der Waals surface area contributed by atoms with E-state index < -0.39 is 17.7 Å². The number of benzene rings is 2. The van der Waals surface area contributed by atoms with Crippen molar-refractivity contribution in [3.8, 4) is 0 Å². The number of hydrogen-bond donors (Lipinski definition) is 0. The number of anilines is 1. The van der Waals surface area contributed by atoms with Crippen molar-refractivity contribution < 1.29 is 27.5 Å². The molecular formula is C23H25F3N2O3. The molecule has 0 N–H and O–H groups in total. The highest BCUT2D eigenvalue weighted by atomic mass is 19.4. The van der Waals surface area contributed by atoms with Crippen LogP contribution in [-0.4, -0.2) is 37.1 Å². The van der Waals surface area contributed by atoms with E-state index in [0.717, 1.165) is 25.0 Å². The van der Waals surface area contributed by atoms with E-state index in [9.17, 15) is 22.8 Å². The zero-order chi connectivity index (χ0) is 22.6. The maximum absolute atomic E-state index is 13.3. The number of ether oxygens (including phenoxy) is 1. The van der Waals surface area contributed by atoms with E-state index in [4.69, 9.17) is 0 Å². The molecule has 0 spiro atoms. The van der Waals surface area contributed by atoms with Crippen LogP contribution in [0.25, 0.3) is 0 Å². The predicted molar refractivity (Wildman–Crippen MR) is 111 cm³/mol. The van der Waals surface area contributed by atoms with Gasteiger partial charge in [0.05, 0.1) is 24.8 Å². The summed E-state index contributed by atoms with van der Waals surface area (Å²) >= 11 is 0. The van der Waals surface area contributed by atoms with E-state index in [0.29, 0.717) is 30.1 Å². The number of halogens is 3. The largest absolute Gasteiger partial charge is 0.465 e. The molecule has 2 aromatic carbocycles. The Morgan fingerprint density at radius 2 is 1.74 bits per heavy atom. The van der Waals surface area contributed by atoms with E-state index in [-0.39, 0.29) is 18.3 Å². The second-order valence-corrected chi connectivity index (χ2v) is 7.77. The quantitative estimate of drug-likeness (QED) is 0.610. The lowest BCUT2D eigenvalue weighted by Crippen LogP contribution is -2.46. The summed E-state index contributed by atoms with van der Waals surface area (Å²) in [4.78, 5) is 28.0. The maximum atomic E-state index is 13.3. The summed E-state index contributed by atoms with van der Waals surface area (Å²) in [6.45, 7) is 3.33. The van der Waals surface area contributed by atoms with Gasteiger partial charge in [0.1, 0.15) is 0 Å². The molecule has 0 saturated carbocycles. The fraction of sp³-hybridized carbons (Fsp3) is 0.391. The Morgan fingerprint density at radius 3 is 2.32 bits per heavy atom. The van der Waals surface area contributed by atoms with Gasteiger partial charge >= 0.3 is 18.2 Å². The fourth-order valence-electron chi connectivity index (χ4n) is 3.54. The fourth-order valence-corrected chi connectivity index (χ4v) is 3.54. The van der Waals surface area contributed by atoms with E-state index in [2.05, 4.69) is 11.7 Å². The first-order chi connectivity index (χ1) is 14.7. The molecule has 1 saturated heterocycles. The van der Waals surface area contributed by atoms with E-state index in [1.54, 1.807) is 29.2 Å². The molecule has 31 heavy (non-hydrogen) atoms. The van der Waals surface area contributed by atoms with Crippen molar-refractivity contribution in [2.45, 2.75) is 32.5 Å². The van der Waals surface area contributed by atoms with Crippen LogP contribution >= 0.6 is 0 Å². The highest BCUT2D eigenvalue weighted by Crippen LogP contribution is 2.32. The van der Waals surface area contributed by atoms with Crippen LogP contribution in [0.3, 0.4) is 0 Å². The van der Waals surface area contributed by atoms with Gasteiger partial charge in [-0.3, -0.25) is 4.90 Å². The van der Waals surface area contributed by atoms with Gasteiger partial charge in [-0.25, -0.2) is 9.59 Å². The number of methoxy groups -OCH3 is 1. The van der Waals surface area contributed by atoms with Gasteiger partial charge in [-0.05, 0) is 54.7 Å². The smallest absolute Gasteiger partial charge is 0.416 e. The first kappa shape index (κ1) is 22.7. The molecule has 166 valence electrons. The molecule has 1 heterocycles. The monoisotopic (exact) mass is 434 g/mol. The Bertz CT molecular complexity index is 920. The Morgan fingerprint density at radius 1 is 1.10 bits per heavy atom. The van der Waals surface area contributed by atoms with Crippen LogP contribution in [0.2, 0.25) is 0 Å². The van der Waals surface area contributed by atoms with Gasteiger partial charge in [-0.1, -0.05) is 25.1 Å². The van der Waals surface area contributed by atoms with Gasteiger partial charge in [0.2, 0.25) is 0 Å². The van der Waals surface area contributed by atoms with Crippen LogP contribution < -0.4 is 4.90 Å². The summed E-state index contributed by atoms with van der Waals surface area (Å²) in [5, 5.41) is 0. The van der Waals surface area contributed by atoms with Gasteiger partial charge < -0.3 is 9.64 Å². The standard InChI is InChI=1S/C23H25F3N2O3/c1-16-10-12-27(13-11-16)22(30)28(20-5-3-4-19(14-20)23(24,25)26)15-17-6-8-18(9-7-17)21(29)31-2/h3-9,14,16H,10-13,15H2,1-2H3. The third-order valence-corrected chi connectivity index (χ3v) is 5.49. The summed E-state index contributed by atoms with van der Waals surface area (Å²) in [5.74, 6) is 0.0247. The van der Waals surface area contributed by atoms with E-state index in [1.165, 1.54) is 24.1 Å². The zero-order valence-corrected chi connectivity index (χ0v) is 17.5. The van der Waals surface area contributed by atoms with Gasteiger partial charge in [0.25, 0.3) is 0 Å². The Labute approximate surface area is 179 Å². The molecule has 0 bridgehead atoms. The van der Waals surface area contributed by atoms with Crippen LogP contribution in [0, 0.1) is 5.92 Å². The van der Waals surface area contributed by atoms with E-state index >= 15 is 0 Å². The van der Waals surface area contributed by atoms with Crippen molar-refractivity contribution >= 4 is 17.7 Å². The Balaban J connectivity index is 1.91. The number of urea groups is 1. The number of piperidine rings is 1. The topological polar surface area (TPSA) is 49.9 Å². The number of rotatable bonds is 4. The molecule has 1 aliphatic heterocycles. The van der Waals surface area contributed by atoms with Crippen LogP contribution in [-0.2, 0) is 17.5 Å². The molecule has 2 amide bonds. The minimum absolute atomic E-state index is 0.0770. The molecule has 0 atom stereocenters. The van der Waals surface area contributed by atoms with Crippen LogP contribution in [0.4, 0.5) is 23.7 Å². The lowest BCUT2D eigenvalue weighted by atomic mass is 9.99. The zero-order valence-electron chi connectivity index (χ0n) is 17.5. The summed E-state index contributed by atoms with van der Waals surface area (Å²) < 4.78 is 44.4. The summed E-state index contributed by atoms with van der Waals surface area (Å²) in [6.07, 6.45) is -2.79. The van der Waals surface area contributed by atoms with Gasteiger partial charge in [0.15, 0.2) is 0 Å². The molecule has 1 aliphatic rings. The van der Waals surface area contributed by atoms with Crippen LogP contribution in [0.1, 0.15) is 41.3 Å². The lowest BCUT2D eigenvalue weighted by Gasteiger charge is -2.35. The van der Waals surface area contributed by atoms with Crippen LogP contribution in [0.5, 0.6) is 0 Å². The minimum Gasteiger partial charge on any atom is -0.465 e. The normalized spacial score (nSPS) is 14.9. The number of hydrogen-bond acceptors (Lipinski definition) is 3. The molecule has 2 aromatic rings. The molecule has 0 unspecified atom stereocenters. The number of alkyl halides is 3. The predicted octanol–water partition coefficient (Wildman–Crippen LogP) is 5.35. The van der Waals surface area contributed by atoms with Crippen molar-refractivity contribution in [3.05, 3.63) is 65.2 Å². The summed E-state index contributed by atoms with van der Waals surface area (Å²) in [5.41, 5.74) is 0.406. The lowest BCUT2D eigenvalue weighted by molar-refractivity contribution is -0.137. The highest BCUT2D eigenvalue weighted by molar-refractivity contribution is 5.92. The number of amides is 2. The number of nitrogens with zero attached hydrogens (tertiary/aromatic N) is 2. The molecule has 3 rings (SSSR count). The van der Waals surface area contributed by atoms with Crippen molar-refractivity contribution in [2.75, 3.05) is 25.1 Å². The second kappa shape index (κ2) is 9.41. The average molecular weight is 434 g/mol. The van der Waals surface area contributed by atoms with Crippen molar-refractivity contribution in [3.63, 3.8) is 0 Å². The van der Waals surface area contributed by atoms with Gasteiger partial charge in [-0.2, -0.15) is 13.2 Å². The molecule has 0 aromatic heterocycles. The number of esters is 1. The third kappa shape index (κ3) is 5.57. The first-order valence-corrected chi connectivity index (χ1v) is 10.1. The van der Waals surface area contributed by atoms with Gasteiger partial charge in [-0.15, -0.1) is 0 Å². The molecular weight excluding hydrogens is 409 g/mol. The van der Waals surface area contributed by atoms with Gasteiger partial charge in [0, 0.05) is 18.8 Å². The average Bonchev–Trinajstić information content (AvgIpc) is 2.77. The molecule has 8 heteroatoms. The summed E-state index contributed by atoms with van der Waals surface area (Å²) in [7, 11) is 1.28. The third-order valence-electron chi connectivity index (χ3n) is 5.49. The van der Waals surface area contributed by atoms with Crippen molar-refractivity contribution in [1.29, 1.82) is 0 Å². The second-order valence-electron chi connectivity index (χ2n) is 7.77. The van der Waals surface area contributed by atoms with E-state index in [1.807, 2.05) is 0 Å². The van der Waals surface area contributed by atoms with Crippen LogP contribution in [0.15, 0.2) is 48.5 Å². The Kier molecular flexibility index (Phi) is 6.87. The van der Waals surface area contributed by atoms with Crippen molar-refractivity contribution in [2.24, 2.45) is 5.92 Å². The SMILES string of the molecule is COC(=O)c1ccc(CN(C(=O)N2CCC(C)CC2)c2cccc(C(F)(F)F)c2)cc1. The molecule has 1 fully saturated rings.